The normalized spacial score (nSPS) is 23.8. The third kappa shape index (κ3) is 3.07. The molecule has 4 nitrogen and oxygen atoms in total. The van der Waals surface area contributed by atoms with Crippen molar-refractivity contribution in [2.24, 2.45) is 0 Å². The molecule has 2 heterocycles. The maximum atomic E-state index is 5.90. The number of anilines is 1. The summed E-state index contributed by atoms with van der Waals surface area (Å²) in [6.07, 6.45) is 0.0449. The van der Waals surface area contributed by atoms with Crippen LogP contribution in [0.1, 0.15) is 19.5 Å². The van der Waals surface area contributed by atoms with Crippen molar-refractivity contribution in [3.8, 4) is 0 Å². The van der Waals surface area contributed by atoms with Crippen LogP contribution in [0.2, 0.25) is 0 Å². The summed E-state index contributed by atoms with van der Waals surface area (Å²) in [7, 11) is 0. The van der Waals surface area contributed by atoms with E-state index in [9.17, 15) is 0 Å². The average Bonchev–Trinajstić information content (AvgIpc) is 2.27. The van der Waals surface area contributed by atoms with E-state index in [0.717, 1.165) is 24.6 Å². The molecule has 1 atom stereocenters. The fourth-order valence-corrected chi connectivity index (χ4v) is 2.27. The Morgan fingerprint density at radius 1 is 1.47 bits per heavy atom. The van der Waals surface area contributed by atoms with E-state index >= 15 is 0 Å². The van der Waals surface area contributed by atoms with Gasteiger partial charge in [0.05, 0.1) is 23.3 Å². The zero-order valence-electron chi connectivity index (χ0n) is 10.5. The van der Waals surface area contributed by atoms with Crippen LogP contribution in [0.5, 0.6) is 0 Å². The zero-order valence-corrected chi connectivity index (χ0v) is 11.2. The smallest absolute Gasteiger partial charge is 0.151 e. The summed E-state index contributed by atoms with van der Waals surface area (Å²) in [5.74, 6) is 1.39. The van der Waals surface area contributed by atoms with E-state index in [4.69, 9.17) is 16.3 Å². The van der Waals surface area contributed by atoms with Crippen molar-refractivity contribution in [3.63, 3.8) is 0 Å². The topological polar surface area (TPSA) is 38.2 Å². The van der Waals surface area contributed by atoms with E-state index in [2.05, 4.69) is 28.9 Å². The summed E-state index contributed by atoms with van der Waals surface area (Å²) in [5, 5.41) is 8.30. The Morgan fingerprint density at radius 3 is 2.82 bits per heavy atom. The number of rotatable bonds is 2. The second-order valence-corrected chi connectivity index (χ2v) is 5.38. The van der Waals surface area contributed by atoms with Gasteiger partial charge >= 0.3 is 0 Å². The number of alkyl halides is 1. The molecule has 1 aromatic rings. The van der Waals surface area contributed by atoms with E-state index in [-0.39, 0.29) is 11.7 Å². The van der Waals surface area contributed by atoms with E-state index in [1.165, 1.54) is 0 Å². The molecule has 2 rings (SSSR count). The molecule has 0 saturated carbocycles. The molecule has 5 heteroatoms. The summed E-state index contributed by atoms with van der Waals surface area (Å²) in [5.41, 5.74) is 0.722. The van der Waals surface area contributed by atoms with Crippen LogP contribution in [-0.4, -0.2) is 40.9 Å². The Balaban J connectivity index is 2.17. The number of nitrogens with zero attached hydrogens (tertiary/aromatic N) is 3. The third-order valence-electron chi connectivity index (χ3n) is 2.76. The predicted molar refractivity (Wildman–Crippen MR) is 68.7 cm³/mol. The summed E-state index contributed by atoms with van der Waals surface area (Å²) < 4.78 is 5.88. The largest absolute Gasteiger partial charge is 0.367 e. The molecule has 0 N–H and O–H groups in total. The van der Waals surface area contributed by atoms with Gasteiger partial charge in [-0.25, -0.2) is 0 Å². The van der Waals surface area contributed by atoms with Crippen molar-refractivity contribution >= 4 is 17.4 Å². The van der Waals surface area contributed by atoms with Crippen molar-refractivity contribution in [1.82, 2.24) is 10.2 Å². The molecule has 0 amide bonds. The molecule has 94 valence electrons. The molecular weight excluding hydrogens is 238 g/mol. The molecule has 0 aliphatic carbocycles. The van der Waals surface area contributed by atoms with Gasteiger partial charge in [-0.1, -0.05) is 0 Å². The van der Waals surface area contributed by atoms with Gasteiger partial charge < -0.3 is 9.64 Å². The molecule has 0 spiro atoms. The van der Waals surface area contributed by atoms with Gasteiger partial charge in [-0.2, -0.15) is 5.10 Å². The summed E-state index contributed by atoms with van der Waals surface area (Å²) >= 11 is 5.90. The summed E-state index contributed by atoms with van der Waals surface area (Å²) in [4.78, 5) is 2.18. The first-order valence-corrected chi connectivity index (χ1v) is 6.33. The number of ether oxygens (including phenoxy) is 1. The highest BCUT2D eigenvalue weighted by Crippen LogP contribution is 2.24. The number of aryl methyl sites for hydroxylation is 1. The Kier molecular flexibility index (Phi) is 3.54. The SMILES string of the molecule is Cc1ccc(N2CC(CCl)OC(C)(C)C2)nn1. The van der Waals surface area contributed by atoms with Crippen LogP contribution in [0.25, 0.3) is 0 Å². The first-order chi connectivity index (χ1) is 8.00. The van der Waals surface area contributed by atoms with Crippen molar-refractivity contribution in [2.45, 2.75) is 32.5 Å². The number of hydrogen-bond acceptors (Lipinski definition) is 4. The first kappa shape index (κ1) is 12.6. The van der Waals surface area contributed by atoms with Crippen LogP contribution >= 0.6 is 11.6 Å². The molecule has 1 aliphatic heterocycles. The number of aromatic nitrogens is 2. The second-order valence-electron chi connectivity index (χ2n) is 5.07. The van der Waals surface area contributed by atoms with Gasteiger partial charge in [0.2, 0.25) is 0 Å². The van der Waals surface area contributed by atoms with E-state index in [1.54, 1.807) is 0 Å². The third-order valence-corrected chi connectivity index (χ3v) is 3.11. The monoisotopic (exact) mass is 255 g/mol. The highest BCUT2D eigenvalue weighted by atomic mass is 35.5. The number of morpholine rings is 1. The lowest BCUT2D eigenvalue weighted by atomic mass is 10.1. The summed E-state index contributed by atoms with van der Waals surface area (Å²) in [6.45, 7) is 7.64. The maximum Gasteiger partial charge on any atom is 0.151 e. The Morgan fingerprint density at radius 2 is 2.24 bits per heavy atom. The molecule has 17 heavy (non-hydrogen) atoms. The molecular formula is C12H18ClN3O. The van der Waals surface area contributed by atoms with Crippen LogP contribution in [0.15, 0.2) is 12.1 Å². The molecule has 1 saturated heterocycles. The Hall–Kier alpha value is -0.870. The van der Waals surface area contributed by atoms with Gasteiger partial charge in [0.25, 0.3) is 0 Å². The van der Waals surface area contributed by atoms with Crippen LogP contribution < -0.4 is 4.90 Å². The molecule has 1 fully saturated rings. The molecule has 0 radical (unpaired) electrons. The highest BCUT2D eigenvalue weighted by molar-refractivity contribution is 6.18. The van der Waals surface area contributed by atoms with Crippen molar-refractivity contribution < 1.29 is 4.74 Å². The number of halogens is 1. The minimum absolute atomic E-state index is 0.0449. The number of hydrogen-bond donors (Lipinski definition) is 0. The lowest BCUT2D eigenvalue weighted by molar-refractivity contribution is -0.0736. The zero-order chi connectivity index (χ0) is 12.5. The van der Waals surface area contributed by atoms with Gasteiger partial charge in [0, 0.05) is 13.1 Å². The lowest BCUT2D eigenvalue weighted by Gasteiger charge is -2.42. The minimum Gasteiger partial charge on any atom is -0.367 e. The Labute approximate surface area is 107 Å². The molecule has 1 aliphatic rings. The quantitative estimate of drug-likeness (QED) is 0.758. The van der Waals surface area contributed by atoms with Gasteiger partial charge in [0.1, 0.15) is 0 Å². The maximum absolute atomic E-state index is 5.90. The average molecular weight is 256 g/mol. The standard InChI is InChI=1S/C12H18ClN3O/c1-9-4-5-11(15-14-9)16-7-10(6-13)17-12(2,3)8-16/h4-5,10H,6-8H2,1-3H3. The lowest BCUT2D eigenvalue weighted by Crippen LogP contribution is -2.53. The van der Waals surface area contributed by atoms with Crippen molar-refractivity contribution in [2.75, 3.05) is 23.9 Å². The fourth-order valence-electron chi connectivity index (χ4n) is 2.11. The van der Waals surface area contributed by atoms with Crippen LogP contribution in [0.3, 0.4) is 0 Å². The molecule has 1 aromatic heterocycles. The van der Waals surface area contributed by atoms with Gasteiger partial charge in [0.15, 0.2) is 5.82 Å². The van der Waals surface area contributed by atoms with E-state index < -0.39 is 0 Å². The highest BCUT2D eigenvalue weighted by Gasteiger charge is 2.33. The molecule has 1 unspecified atom stereocenters. The molecule has 0 bridgehead atoms. The van der Waals surface area contributed by atoms with Gasteiger partial charge in [-0.15, -0.1) is 16.7 Å². The van der Waals surface area contributed by atoms with E-state index in [1.807, 2.05) is 19.1 Å². The van der Waals surface area contributed by atoms with Crippen molar-refractivity contribution in [3.05, 3.63) is 17.8 Å². The van der Waals surface area contributed by atoms with Crippen LogP contribution in [0.4, 0.5) is 5.82 Å². The van der Waals surface area contributed by atoms with E-state index in [0.29, 0.717) is 5.88 Å². The van der Waals surface area contributed by atoms with Gasteiger partial charge in [-0.3, -0.25) is 0 Å². The predicted octanol–water partition coefficient (Wildman–Crippen LogP) is 2.01. The minimum atomic E-state index is -0.204. The molecule has 0 aromatic carbocycles. The fraction of sp³-hybridized carbons (Fsp3) is 0.667. The Bertz CT molecular complexity index is 380. The second kappa shape index (κ2) is 4.78. The summed E-state index contributed by atoms with van der Waals surface area (Å²) in [6, 6.07) is 3.97. The van der Waals surface area contributed by atoms with Crippen LogP contribution in [0, 0.1) is 6.92 Å². The van der Waals surface area contributed by atoms with Gasteiger partial charge in [-0.05, 0) is 32.9 Å². The van der Waals surface area contributed by atoms with Crippen LogP contribution in [-0.2, 0) is 4.74 Å². The first-order valence-electron chi connectivity index (χ1n) is 5.79. The van der Waals surface area contributed by atoms with Crippen molar-refractivity contribution in [1.29, 1.82) is 0 Å².